The number of fused-ring (bicyclic) bond motifs is 1. The van der Waals surface area contributed by atoms with Gasteiger partial charge in [0.25, 0.3) is 0 Å². The summed E-state index contributed by atoms with van der Waals surface area (Å²) in [6, 6.07) is 26.3. The number of hydrogen-bond acceptors (Lipinski definition) is 5. The second-order valence-corrected chi connectivity index (χ2v) is 9.71. The molecule has 0 N–H and O–H groups in total. The van der Waals surface area contributed by atoms with E-state index in [1.54, 1.807) is 23.1 Å². The first-order chi connectivity index (χ1) is 15.6. The summed E-state index contributed by atoms with van der Waals surface area (Å²) >= 11 is 3.27. The molecular formula is C26H28ClN3OS2. The molecule has 3 aromatic carbocycles. The van der Waals surface area contributed by atoms with Gasteiger partial charge in [-0.2, -0.15) is 0 Å². The Kier molecular flexibility index (Phi) is 8.92. The molecular weight excluding hydrogens is 470 g/mol. The normalized spacial score (nSPS) is 11.1. The van der Waals surface area contributed by atoms with Crippen LogP contribution in [0.5, 0.6) is 0 Å². The summed E-state index contributed by atoms with van der Waals surface area (Å²) in [5.74, 6) is -0.333. The van der Waals surface area contributed by atoms with Crippen LogP contribution in [0.1, 0.15) is 17.0 Å². The van der Waals surface area contributed by atoms with Crippen molar-refractivity contribution in [1.29, 1.82) is 0 Å². The number of rotatable bonds is 8. The van der Waals surface area contributed by atoms with Gasteiger partial charge in [0, 0.05) is 18.0 Å². The van der Waals surface area contributed by atoms with Gasteiger partial charge in [0.05, 0.1) is 16.1 Å². The van der Waals surface area contributed by atoms with Gasteiger partial charge in [-0.25, -0.2) is 4.98 Å². The average Bonchev–Trinajstić information content (AvgIpc) is 3.24. The van der Waals surface area contributed by atoms with Crippen LogP contribution >= 0.6 is 35.5 Å². The van der Waals surface area contributed by atoms with Crippen molar-refractivity contribution in [3.05, 3.63) is 90.0 Å². The molecule has 0 atom stereocenters. The fraction of sp³-hybridized carbons (Fsp3) is 0.231. The monoisotopic (exact) mass is 497 g/mol. The van der Waals surface area contributed by atoms with E-state index in [-0.39, 0.29) is 24.2 Å². The first kappa shape index (κ1) is 25.2. The van der Waals surface area contributed by atoms with Gasteiger partial charge in [-0.3, -0.25) is 9.69 Å². The summed E-state index contributed by atoms with van der Waals surface area (Å²) in [6.45, 7) is 1.34. The maximum absolute atomic E-state index is 14.2. The largest absolute Gasteiger partial charge is 0.308 e. The molecule has 172 valence electrons. The Balaban J connectivity index is 0.00000306. The van der Waals surface area contributed by atoms with Crippen LogP contribution in [0.15, 0.2) is 83.8 Å². The number of likely N-dealkylation sites (N-methyl/N-ethyl adjacent to an activating group) is 1. The molecule has 4 aromatic rings. The lowest BCUT2D eigenvalue weighted by Gasteiger charge is -2.27. The van der Waals surface area contributed by atoms with Gasteiger partial charge in [-0.15, -0.1) is 24.2 Å². The van der Waals surface area contributed by atoms with Crippen molar-refractivity contribution in [2.45, 2.75) is 10.8 Å². The standard InChI is InChI=1S/C26H27N3OS2.ClH/c1-28(2)17-18-29(26-27-24-21(31-3)15-10-16-22(24)32-26)25(30)23(19-11-6-4-7-12-19)20-13-8-5-9-14-20;/h4-16,23H,17-18H2,1-3H3;1H. The van der Waals surface area contributed by atoms with Crippen LogP contribution in [0.2, 0.25) is 0 Å². The van der Waals surface area contributed by atoms with Crippen molar-refractivity contribution >= 4 is 56.8 Å². The Morgan fingerprint density at radius 3 is 2.06 bits per heavy atom. The Morgan fingerprint density at radius 1 is 0.909 bits per heavy atom. The van der Waals surface area contributed by atoms with E-state index in [2.05, 4.69) is 29.4 Å². The van der Waals surface area contributed by atoms with E-state index in [1.807, 2.05) is 79.7 Å². The zero-order valence-corrected chi connectivity index (χ0v) is 21.4. The molecule has 1 aromatic heterocycles. The van der Waals surface area contributed by atoms with E-state index in [0.717, 1.165) is 37.9 Å². The quantitative estimate of drug-likeness (QED) is 0.273. The molecule has 0 aliphatic carbocycles. The highest BCUT2D eigenvalue weighted by Gasteiger charge is 2.30. The SMILES string of the molecule is CSc1cccc2sc(N(CCN(C)C)C(=O)C(c3ccccc3)c3ccccc3)nc12.Cl. The van der Waals surface area contributed by atoms with Gasteiger partial charge in [0.2, 0.25) is 5.91 Å². The summed E-state index contributed by atoms with van der Waals surface area (Å²) in [4.78, 5) is 24.2. The van der Waals surface area contributed by atoms with Gasteiger partial charge in [-0.05, 0) is 43.6 Å². The van der Waals surface area contributed by atoms with Gasteiger partial charge in [0.1, 0.15) is 0 Å². The van der Waals surface area contributed by atoms with Gasteiger partial charge in [-0.1, -0.05) is 78.1 Å². The molecule has 0 radical (unpaired) electrons. The van der Waals surface area contributed by atoms with E-state index in [4.69, 9.17) is 4.98 Å². The molecule has 0 bridgehead atoms. The van der Waals surface area contributed by atoms with Crippen LogP contribution in [0.25, 0.3) is 10.2 Å². The molecule has 1 heterocycles. The fourth-order valence-corrected chi connectivity index (χ4v) is 5.37. The minimum Gasteiger partial charge on any atom is -0.308 e. The van der Waals surface area contributed by atoms with Gasteiger partial charge in [0.15, 0.2) is 5.13 Å². The second kappa shape index (κ2) is 11.7. The minimum absolute atomic E-state index is 0. The molecule has 0 aliphatic heterocycles. The van der Waals surface area contributed by atoms with Crippen molar-refractivity contribution in [2.75, 3.05) is 38.3 Å². The van der Waals surface area contributed by atoms with Crippen LogP contribution in [-0.2, 0) is 4.79 Å². The molecule has 0 unspecified atom stereocenters. The first-order valence-corrected chi connectivity index (χ1v) is 12.6. The maximum atomic E-state index is 14.2. The second-order valence-electron chi connectivity index (χ2n) is 7.85. The van der Waals surface area contributed by atoms with Gasteiger partial charge < -0.3 is 4.90 Å². The third-order valence-corrected chi connectivity index (χ3v) is 7.18. The number of amides is 1. The number of benzene rings is 3. The molecule has 0 fully saturated rings. The fourth-order valence-electron chi connectivity index (χ4n) is 3.72. The summed E-state index contributed by atoms with van der Waals surface area (Å²) < 4.78 is 1.10. The predicted octanol–water partition coefficient (Wildman–Crippen LogP) is 6.17. The lowest BCUT2D eigenvalue weighted by atomic mass is 9.90. The highest BCUT2D eigenvalue weighted by molar-refractivity contribution is 7.98. The number of carbonyl (C=O) groups excluding carboxylic acids is 1. The first-order valence-electron chi connectivity index (χ1n) is 10.6. The van der Waals surface area contributed by atoms with Crippen LogP contribution < -0.4 is 4.90 Å². The van der Waals surface area contributed by atoms with E-state index in [9.17, 15) is 4.79 Å². The smallest absolute Gasteiger partial charge is 0.240 e. The summed E-state index contributed by atoms with van der Waals surface area (Å²) in [5, 5.41) is 0.755. The number of hydrogen-bond donors (Lipinski definition) is 0. The number of thiazole rings is 1. The molecule has 0 saturated carbocycles. The number of carbonyl (C=O) groups is 1. The number of anilines is 1. The minimum atomic E-state index is -0.383. The number of thioether (sulfide) groups is 1. The Labute approximate surface area is 210 Å². The van der Waals surface area contributed by atoms with E-state index < -0.39 is 0 Å². The zero-order chi connectivity index (χ0) is 22.5. The Hall–Kier alpha value is -2.38. The molecule has 4 nitrogen and oxygen atoms in total. The van der Waals surface area contributed by atoms with Crippen LogP contribution in [0.3, 0.4) is 0 Å². The molecule has 0 spiro atoms. The highest BCUT2D eigenvalue weighted by Crippen LogP contribution is 2.36. The average molecular weight is 498 g/mol. The third kappa shape index (κ3) is 5.76. The summed E-state index contributed by atoms with van der Waals surface area (Å²) in [7, 11) is 4.05. The predicted molar refractivity (Wildman–Crippen MR) is 144 cm³/mol. The number of nitrogens with zero attached hydrogens (tertiary/aromatic N) is 3. The molecule has 33 heavy (non-hydrogen) atoms. The molecule has 0 saturated heterocycles. The van der Waals surface area contributed by atoms with Crippen molar-refractivity contribution in [3.63, 3.8) is 0 Å². The van der Waals surface area contributed by atoms with Crippen molar-refractivity contribution in [2.24, 2.45) is 0 Å². The maximum Gasteiger partial charge on any atom is 0.240 e. The molecule has 0 aliphatic rings. The topological polar surface area (TPSA) is 36.4 Å². The Morgan fingerprint density at radius 2 is 1.52 bits per heavy atom. The van der Waals surface area contributed by atoms with E-state index in [0.29, 0.717) is 6.54 Å². The van der Waals surface area contributed by atoms with Crippen LogP contribution in [-0.4, -0.2) is 49.2 Å². The molecule has 4 rings (SSSR count). The Bertz CT molecular complexity index is 1140. The lowest BCUT2D eigenvalue weighted by molar-refractivity contribution is -0.119. The van der Waals surface area contributed by atoms with Crippen LogP contribution in [0, 0.1) is 0 Å². The van der Waals surface area contributed by atoms with E-state index >= 15 is 0 Å². The van der Waals surface area contributed by atoms with Crippen molar-refractivity contribution in [1.82, 2.24) is 9.88 Å². The van der Waals surface area contributed by atoms with Gasteiger partial charge >= 0.3 is 0 Å². The number of halogens is 1. The number of aromatic nitrogens is 1. The summed E-state index contributed by atoms with van der Waals surface area (Å²) in [5.41, 5.74) is 2.95. The lowest BCUT2D eigenvalue weighted by Crippen LogP contribution is -2.40. The van der Waals surface area contributed by atoms with Crippen LogP contribution in [0.4, 0.5) is 5.13 Å². The number of para-hydroxylation sites is 1. The zero-order valence-electron chi connectivity index (χ0n) is 19.0. The third-order valence-electron chi connectivity index (χ3n) is 5.37. The molecule has 1 amide bonds. The summed E-state index contributed by atoms with van der Waals surface area (Å²) in [6.07, 6.45) is 2.06. The molecule has 7 heteroatoms. The highest BCUT2D eigenvalue weighted by atomic mass is 35.5. The van der Waals surface area contributed by atoms with Crippen molar-refractivity contribution in [3.8, 4) is 0 Å². The van der Waals surface area contributed by atoms with Crippen molar-refractivity contribution < 1.29 is 4.79 Å². The van der Waals surface area contributed by atoms with E-state index in [1.165, 1.54) is 0 Å².